The van der Waals surface area contributed by atoms with Gasteiger partial charge in [0.25, 0.3) is 11.8 Å². The molecule has 10 heteroatoms. The fraction of sp³-hybridized carbons (Fsp3) is 0.242. The summed E-state index contributed by atoms with van der Waals surface area (Å²) in [5.41, 5.74) is 8.48. The fourth-order valence-electron chi connectivity index (χ4n) is 5.22. The molecule has 1 aliphatic rings. The molecule has 0 radical (unpaired) electrons. The topological polar surface area (TPSA) is 105 Å². The summed E-state index contributed by atoms with van der Waals surface area (Å²) < 4.78 is 6.66. The number of rotatable bonds is 7. The standard InChI is InChI=1S/C33H32BrClN4O4/c1-4-19(2)31(40)37-27-18-39(32(41)20-8-11-22(36)12-9-20)29-16-21(35)10-14-28(29)38(33(27)42)17-25-23-6-5-7-26(34)24(23)13-15-30(25)43-3/h5-16,19,27H,4,17-18,36H2,1-3H3,(H,37,40)/t19-,27+/m1/s1. The predicted molar refractivity (Wildman–Crippen MR) is 175 cm³/mol. The largest absolute Gasteiger partial charge is 0.496 e. The molecule has 3 amide bonds. The van der Waals surface area contributed by atoms with Crippen LogP contribution in [0.5, 0.6) is 5.75 Å². The molecule has 0 fully saturated rings. The van der Waals surface area contributed by atoms with Crippen LogP contribution >= 0.6 is 27.5 Å². The Kier molecular flexibility index (Phi) is 8.94. The van der Waals surface area contributed by atoms with Crippen LogP contribution in [-0.2, 0) is 16.1 Å². The number of benzene rings is 4. The van der Waals surface area contributed by atoms with Crippen LogP contribution in [0, 0.1) is 5.92 Å². The highest BCUT2D eigenvalue weighted by atomic mass is 79.9. The lowest BCUT2D eigenvalue weighted by Gasteiger charge is -2.27. The number of nitrogens with one attached hydrogen (secondary N) is 1. The smallest absolute Gasteiger partial charge is 0.258 e. The first-order valence-corrected chi connectivity index (χ1v) is 15.1. The Labute approximate surface area is 263 Å². The van der Waals surface area contributed by atoms with E-state index >= 15 is 0 Å². The molecular formula is C33H32BrClN4O4. The normalized spacial score (nSPS) is 15.6. The van der Waals surface area contributed by atoms with Gasteiger partial charge in [0, 0.05) is 32.2 Å². The van der Waals surface area contributed by atoms with E-state index in [-0.39, 0.29) is 36.7 Å². The van der Waals surface area contributed by atoms with Crippen LogP contribution in [0.4, 0.5) is 17.1 Å². The van der Waals surface area contributed by atoms with Crippen LogP contribution < -0.4 is 25.6 Å². The minimum atomic E-state index is -1.03. The summed E-state index contributed by atoms with van der Waals surface area (Å²) in [5.74, 6) is -0.697. The number of methoxy groups -OCH3 is 1. The minimum Gasteiger partial charge on any atom is -0.496 e. The number of carbonyl (C=O) groups excluding carboxylic acids is 3. The van der Waals surface area contributed by atoms with Gasteiger partial charge in [0.2, 0.25) is 5.91 Å². The average Bonchev–Trinajstić information content (AvgIpc) is 3.11. The number of nitrogens with zero attached hydrogens (tertiary/aromatic N) is 2. The monoisotopic (exact) mass is 662 g/mol. The molecule has 3 N–H and O–H groups in total. The predicted octanol–water partition coefficient (Wildman–Crippen LogP) is 6.57. The molecule has 0 saturated carbocycles. The minimum absolute atomic E-state index is 0.0910. The first kappa shape index (κ1) is 30.4. The second-order valence-electron chi connectivity index (χ2n) is 10.5. The van der Waals surface area contributed by atoms with Crippen molar-refractivity contribution >= 4 is 73.1 Å². The van der Waals surface area contributed by atoms with E-state index in [0.29, 0.717) is 39.8 Å². The summed E-state index contributed by atoms with van der Waals surface area (Å²) in [6, 6.07) is 20.3. The van der Waals surface area contributed by atoms with E-state index in [0.717, 1.165) is 20.8 Å². The third kappa shape index (κ3) is 6.05. The maximum atomic E-state index is 14.5. The van der Waals surface area contributed by atoms with Crippen LogP contribution in [-0.4, -0.2) is 37.4 Å². The first-order valence-electron chi connectivity index (χ1n) is 14.0. The summed E-state index contributed by atoms with van der Waals surface area (Å²) in [6.45, 7) is 3.74. The van der Waals surface area contributed by atoms with E-state index in [1.165, 1.54) is 4.90 Å². The number of fused-ring (bicyclic) bond motifs is 2. The van der Waals surface area contributed by atoms with Crippen molar-refractivity contribution < 1.29 is 19.1 Å². The second kappa shape index (κ2) is 12.7. The zero-order valence-electron chi connectivity index (χ0n) is 24.1. The van der Waals surface area contributed by atoms with E-state index in [4.69, 9.17) is 22.1 Å². The van der Waals surface area contributed by atoms with E-state index in [1.807, 2.05) is 37.3 Å². The molecule has 1 heterocycles. The summed E-state index contributed by atoms with van der Waals surface area (Å²) in [7, 11) is 1.59. The highest BCUT2D eigenvalue weighted by Gasteiger charge is 2.38. The number of nitrogen functional groups attached to an aromatic ring is 1. The van der Waals surface area contributed by atoms with Gasteiger partial charge >= 0.3 is 0 Å². The van der Waals surface area contributed by atoms with Crippen LogP contribution in [0.3, 0.4) is 0 Å². The van der Waals surface area contributed by atoms with Gasteiger partial charge in [-0.15, -0.1) is 0 Å². The van der Waals surface area contributed by atoms with Crippen molar-refractivity contribution in [3.63, 3.8) is 0 Å². The lowest BCUT2D eigenvalue weighted by atomic mass is 10.0. The number of carbonyl (C=O) groups is 3. The molecule has 0 unspecified atom stereocenters. The van der Waals surface area contributed by atoms with E-state index in [9.17, 15) is 14.4 Å². The number of halogens is 2. The third-order valence-corrected chi connectivity index (χ3v) is 8.77. The summed E-state index contributed by atoms with van der Waals surface area (Å²) in [5, 5.41) is 5.18. The van der Waals surface area contributed by atoms with Crippen LogP contribution in [0.25, 0.3) is 10.8 Å². The molecular weight excluding hydrogens is 632 g/mol. The molecule has 5 rings (SSSR count). The van der Waals surface area contributed by atoms with Gasteiger partial charge in [-0.05, 0) is 77.9 Å². The third-order valence-electron chi connectivity index (χ3n) is 7.84. The summed E-state index contributed by atoms with van der Waals surface area (Å²) >= 11 is 10.1. The van der Waals surface area contributed by atoms with Gasteiger partial charge in [-0.2, -0.15) is 0 Å². The van der Waals surface area contributed by atoms with Gasteiger partial charge in [-0.3, -0.25) is 14.4 Å². The van der Waals surface area contributed by atoms with Crippen molar-refractivity contribution in [3.05, 3.63) is 93.4 Å². The fourth-order valence-corrected chi connectivity index (χ4v) is 5.89. The van der Waals surface area contributed by atoms with E-state index < -0.39 is 6.04 Å². The maximum absolute atomic E-state index is 14.5. The number of anilines is 3. The molecule has 4 aromatic rings. The summed E-state index contributed by atoms with van der Waals surface area (Å²) in [4.78, 5) is 44.7. The molecule has 0 bridgehead atoms. The Balaban J connectivity index is 1.69. The molecule has 1 aliphatic heterocycles. The van der Waals surface area contributed by atoms with E-state index in [1.54, 1.807) is 61.4 Å². The molecule has 0 aliphatic carbocycles. The lowest BCUT2D eigenvalue weighted by Crippen LogP contribution is -2.53. The second-order valence-corrected chi connectivity index (χ2v) is 11.8. The number of nitrogens with two attached hydrogens (primary N) is 1. The molecule has 0 spiro atoms. The van der Waals surface area contributed by atoms with Crippen molar-refractivity contribution in [1.82, 2.24) is 5.32 Å². The van der Waals surface area contributed by atoms with Crippen molar-refractivity contribution in [2.45, 2.75) is 32.9 Å². The van der Waals surface area contributed by atoms with Gasteiger partial charge in [-0.1, -0.05) is 53.5 Å². The van der Waals surface area contributed by atoms with Gasteiger partial charge < -0.3 is 25.6 Å². The Morgan fingerprint density at radius 3 is 2.51 bits per heavy atom. The molecule has 2 atom stereocenters. The van der Waals surface area contributed by atoms with Crippen LogP contribution in [0.1, 0.15) is 36.2 Å². The zero-order valence-corrected chi connectivity index (χ0v) is 26.4. The quantitative estimate of drug-likeness (QED) is 0.218. The number of amides is 3. The summed E-state index contributed by atoms with van der Waals surface area (Å²) in [6.07, 6.45) is 0.600. The number of hydrogen-bond donors (Lipinski definition) is 2. The van der Waals surface area contributed by atoms with Crippen LogP contribution in [0.2, 0.25) is 5.02 Å². The van der Waals surface area contributed by atoms with Crippen molar-refractivity contribution in [1.29, 1.82) is 0 Å². The first-order chi connectivity index (χ1) is 20.6. The Morgan fingerprint density at radius 1 is 1.07 bits per heavy atom. The van der Waals surface area contributed by atoms with Crippen molar-refractivity contribution in [2.24, 2.45) is 5.92 Å². The lowest BCUT2D eigenvalue weighted by molar-refractivity contribution is -0.129. The Hall–Kier alpha value is -4.08. The Morgan fingerprint density at radius 2 is 1.81 bits per heavy atom. The van der Waals surface area contributed by atoms with Crippen LogP contribution in [0.15, 0.2) is 77.3 Å². The molecule has 0 saturated heterocycles. The highest BCUT2D eigenvalue weighted by Crippen LogP contribution is 2.40. The van der Waals surface area contributed by atoms with Crippen molar-refractivity contribution in [2.75, 3.05) is 29.2 Å². The highest BCUT2D eigenvalue weighted by molar-refractivity contribution is 9.10. The zero-order chi connectivity index (χ0) is 30.8. The maximum Gasteiger partial charge on any atom is 0.258 e. The molecule has 43 heavy (non-hydrogen) atoms. The van der Waals surface area contributed by atoms with E-state index in [2.05, 4.69) is 21.2 Å². The average molecular weight is 664 g/mol. The van der Waals surface area contributed by atoms with Gasteiger partial charge in [0.05, 0.1) is 31.6 Å². The molecule has 4 aromatic carbocycles. The molecule has 0 aromatic heterocycles. The Bertz CT molecular complexity index is 1710. The van der Waals surface area contributed by atoms with Crippen molar-refractivity contribution in [3.8, 4) is 5.75 Å². The SMILES string of the molecule is CC[C@@H](C)C(=O)N[C@H]1CN(C(=O)c2ccc(N)cc2)c2cc(Cl)ccc2N(Cc2c(OC)ccc3c(Br)cccc23)C1=O. The van der Waals surface area contributed by atoms with Gasteiger partial charge in [-0.25, -0.2) is 0 Å². The molecule has 8 nitrogen and oxygen atoms in total. The number of ether oxygens (including phenoxy) is 1. The van der Waals surface area contributed by atoms with Gasteiger partial charge in [0.1, 0.15) is 11.8 Å². The molecule has 222 valence electrons. The van der Waals surface area contributed by atoms with Gasteiger partial charge in [0.15, 0.2) is 0 Å². The number of hydrogen-bond acceptors (Lipinski definition) is 5.